The summed E-state index contributed by atoms with van der Waals surface area (Å²) >= 11 is 0. The summed E-state index contributed by atoms with van der Waals surface area (Å²) < 4.78 is 17.9. The van der Waals surface area contributed by atoms with Gasteiger partial charge in [0.25, 0.3) is 0 Å². The van der Waals surface area contributed by atoms with Crippen LogP contribution in [0.15, 0.2) is 35.1 Å². The summed E-state index contributed by atoms with van der Waals surface area (Å²) in [6, 6.07) is 5.85. The molecule has 0 N–H and O–H groups in total. The summed E-state index contributed by atoms with van der Waals surface area (Å²) in [5, 5.41) is 7.42. The summed E-state index contributed by atoms with van der Waals surface area (Å²) in [5.41, 5.74) is 0.684. The van der Waals surface area contributed by atoms with Gasteiger partial charge in [0.2, 0.25) is 18.2 Å². The molecule has 1 unspecified atom stereocenters. The number of carbonyl (C=O) groups excluding carboxylic acids is 1. The molecule has 18 heavy (non-hydrogen) atoms. The molecule has 0 saturated carbocycles. The van der Waals surface area contributed by atoms with Gasteiger partial charge < -0.3 is 9.32 Å². The highest BCUT2D eigenvalue weighted by molar-refractivity contribution is 5.96. The number of hydrogen-bond donors (Lipinski definition) is 0. The lowest BCUT2D eigenvalue weighted by atomic mass is 10.1. The SMILES string of the molecule is O=C1CC(c2nnco2)CN1c1ccc(F)cc1. The van der Waals surface area contributed by atoms with Crippen molar-refractivity contribution in [2.24, 2.45) is 0 Å². The van der Waals surface area contributed by atoms with E-state index in [1.165, 1.54) is 18.5 Å². The molecule has 2 aromatic rings. The van der Waals surface area contributed by atoms with Crippen molar-refractivity contribution in [3.8, 4) is 0 Å². The molecule has 1 aromatic carbocycles. The molecular formula is C12H10FN3O2. The zero-order chi connectivity index (χ0) is 12.5. The Morgan fingerprint density at radius 3 is 2.78 bits per heavy atom. The Balaban J connectivity index is 1.82. The Morgan fingerprint density at radius 2 is 2.11 bits per heavy atom. The second kappa shape index (κ2) is 4.21. The number of benzene rings is 1. The number of carbonyl (C=O) groups is 1. The van der Waals surface area contributed by atoms with Crippen LogP contribution in [0.1, 0.15) is 18.2 Å². The minimum atomic E-state index is -0.321. The van der Waals surface area contributed by atoms with Crippen LogP contribution in [0, 0.1) is 5.82 Å². The molecule has 1 fully saturated rings. The van der Waals surface area contributed by atoms with E-state index in [9.17, 15) is 9.18 Å². The molecule has 92 valence electrons. The largest absolute Gasteiger partial charge is 0.428 e. The molecule has 5 nitrogen and oxygen atoms in total. The van der Waals surface area contributed by atoms with Crippen molar-refractivity contribution < 1.29 is 13.6 Å². The minimum absolute atomic E-state index is 0.0233. The number of nitrogens with zero attached hydrogens (tertiary/aromatic N) is 3. The second-order valence-corrected chi connectivity index (χ2v) is 4.16. The number of aromatic nitrogens is 2. The van der Waals surface area contributed by atoms with Gasteiger partial charge in [-0.2, -0.15) is 0 Å². The lowest BCUT2D eigenvalue weighted by Crippen LogP contribution is -2.24. The fraction of sp³-hybridized carbons (Fsp3) is 0.250. The van der Waals surface area contributed by atoms with Gasteiger partial charge in [-0.1, -0.05) is 0 Å². The quantitative estimate of drug-likeness (QED) is 0.810. The highest BCUT2D eigenvalue weighted by atomic mass is 19.1. The van der Waals surface area contributed by atoms with Crippen LogP contribution in [0.25, 0.3) is 0 Å². The van der Waals surface area contributed by atoms with Crippen molar-refractivity contribution in [1.29, 1.82) is 0 Å². The van der Waals surface area contributed by atoms with Crippen molar-refractivity contribution in [2.45, 2.75) is 12.3 Å². The first-order valence-corrected chi connectivity index (χ1v) is 5.56. The molecule has 0 radical (unpaired) electrons. The first-order chi connectivity index (χ1) is 8.74. The Hall–Kier alpha value is -2.24. The summed E-state index contributed by atoms with van der Waals surface area (Å²) in [7, 11) is 0. The third kappa shape index (κ3) is 1.85. The van der Waals surface area contributed by atoms with Crippen LogP contribution in [0.3, 0.4) is 0 Å². The zero-order valence-corrected chi connectivity index (χ0v) is 9.41. The molecule has 1 aliphatic rings. The van der Waals surface area contributed by atoms with Crippen LogP contribution in [0.5, 0.6) is 0 Å². The predicted molar refractivity (Wildman–Crippen MR) is 60.4 cm³/mol. The molecule has 0 spiro atoms. The fourth-order valence-electron chi connectivity index (χ4n) is 2.10. The fourth-order valence-corrected chi connectivity index (χ4v) is 2.10. The molecule has 1 saturated heterocycles. The van der Waals surface area contributed by atoms with Gasteiger partial charge in [0.15, 0.2) is 0 Å². The number of hydrogen-bond acceptors (Lipinski definition) is 4. The van der Waals surface area contributed by atoms with E-state index < -0.39 is 0 Å². The van der Waals surface area contributed by atoms with Gasteiger partial charge in [-0.3, -0.25) is 4.79 Å². The van der Waals surface area contributed by atoms with E-state index in [0.29, 0.717) is 24.5 Å². The highest BCUT2D eigenvalue weighted by Crippen LogP contribution is 2.30. The minimum Gasteiger partial charge on any atom is -0.428 e. The van der Waals surface area contributed by atoms with E-state index in [0.717, 1.165) is 0 Å². The van der Waals surface area contributed by atoms with Gasteiger partial charge in [-0.05, 0) is 24.3 Å². The molecule has 3 rings (SSSR count). The number of anilines is 1. The zero-order valence-electron chi connectivity index (χ0n) is 9.41. The lowest BCUT2D eigenvalue weighted by molar-refractivity contribution is -0.117. The van der Waals surface area contributed by atoms with E-state index >= 15 is 0 Å². The standard InChI is InChI=1S/C12H10FN3O2/c13-9-1-3-10(4-2-9)16-6-8(5-11(16)17)12-15-14-7-18-12/h1-4,7-8H,5-6H2. The van der Waals surface area contributed by atoms with E-state index in [-0.39, 0.29) is 17.6 Å². The van der Waals surface area contributed by atoms with Crippen LogP contribution >= 0.6 is 0 Å². The third-order valence-corrected chi connectivity index (χ3v) is 2.99. The monoisotopic (exact) mass is 247 g/mol. The van der Waals surface area contributed by atoms with Gasteiger partial charge in [0.05, 0.1) is 5.92 Å². The van der Waals surface area contributed by atoms with Crippen LogP contribution in [0.2, 0.25) is 0 Å². The number of rotatable bonds is 2. The lowest BCUT2D eigenvalue weighted by Gasteiger charge is -2.15. The van der Waals surface area contributed by atoms with E-state index in [4.69, 9.17) is 4.42 Å². The van der Waals surface area contributed by atoms with E-state index in [1.807, 2.05) is 0 Å². The topological polar surface area (TPSA) is 59.2 Å². The van der Waals surface area contributed by atoms with Crippen molar-refractivity contribution >= 4 is 11.6 Å². The second-order valence-electron chi connectivity index (χ2n) is 4.16. The molecule has 1 amide bonds. The van der Waals surface area contributed by atoms with Gasteiger partial charge in [0, 0.05) is 18.7 Å². The van der Waals surface area contributed by atoms with Gasteiger partial charge in [-0.25, -0.2) is 4.39 Å². The molecule has 1 aromatic heterocycles. The van der Waals surface area contributed by atoms with E-state index in [2.05, 4.69) is 10.2 Å². The van der Waals surface area contributed by atoms with Gasteiger partial charge in [0.1, 0.15) is 5.82 Å². The Bertz CT molecular complexity index is 553. The maximum absolute atomic E-state index is 12.8. The van der Waals surface area contributed by atoms with E-state index in [1.54, 1.807) is 17.0 Å². The summed E-state index contributed by atoms with van der Waals surface area (Å²) in [6.45, 7) is 0.479. The molecule has 6 heteroatoms. The Labute approximate surface area is 102 Å². The molecular weight excluding hydrogens is 237 g/mol. The number of amides is 1. The number of halogens is 1. The summed E-state index contributed by atoms with van der Waals surface area (Å²) in [5.74, 6) is 0.0293. The van der Waals surface area contributed by atoms with Crippen molar-refractivity contribution in [1.82, 2.24) is 10.2 Å². The molecule has 1 aliphatic heterocycles. The Kier molecular flexibility index (Phi) is 2.55. The smallest absolute Gasteiger partial charge is 0.227 e. The molecule has 0 aliphatic carbocycles. The molecule has 2 heterocycles. The first kappa shape index (κ1) is 10.9. The van der Waals surface area contributed by atoms with Gasteiger partial charge in [-0.15, -0.1) is 10.2 Å². The van der Waals surface area contributed by atoms with Crippen LogP contribution < -0.4 is 4.90 Å². The maximum atomic E-state index is 12.8. The molecule has 0 bridgehead atoms. The highest BCUT2D eigenvalue weighted by Gasteiger charge is 2.34. The van der Waals surface area contributed by atoms with Crippen LogP contribution in [0.4, 0.5) is 10.1 Å². The summed E-state index contributed by atoms with van der Waals surface area (Å²) in [6.07, 6.45) is 1.58. The third-order valence-electron chi connectivity index (χ3n) is 2.99. The Morgan fingerprint density at radius 1 is 1.33 bits per heavy atom. The van der Waals surface area contributed by atoms with Crippen molar-refractivity contribution in [3.05, 3.63) is 42.4 Å². The van der Waals surface area contributed by atoms with Crippen LogP contribution in [-0.4, -0.2) is 22.6 Å². The molecule has 1 atom stereocenters. The maximum Gasteiger partial charge on any atom is 0.227 e. The first-order valence-electron chi connectivity index (χ1n) is 5.56. The normalized spacial score (nSPS) is 19.5. The van der Waals surface area contributed by atoms with Crippen molar-refractivity contribution in [3.63, 3.8) is 0 Å². The summed E-state index contributed by atoms with van der Waals surface area (Å²) in [4.78, 5) is 13.5. The predicted octanol–water partition coefficient (Wildman–Crippen LogP) is 1.73. The van der Waals surface area contributed by atoms with Crippen LogP contribution in [-0.2, 0) is 4.79 Å². The van der Waals surface area contributed by atoms with Gasteiger partial charge >= 0.3 is 0 Å². The van der Waals surface area contributed by atoms with Crippen molar-refractivity contribution in [2.75, 3.05) is 11.4 Å². The average molecular weight is 247 g/mol. The average Bonchev–Trinajstić information content (AvgIpc) is 2.99.